The van der Waals surface area contributed by atoms with E-state index >= 15 is 0 Å². The van der Waals surface area contributed by atoms with Gasteiger partial charge >= 0.3 is 0 Å². The predicted octanol–water partition coefficient (Wildman–Crippen LogP) is 2.84. The molecule has 4 nitrogen and oxygen atoms in total. The van der Waals surface area contributed by atoms with Crippen LogP contribution in [-0.2, 0) is 10.0 Å². The van der Waals surface area contributed by atoms with Crippen molar-refractivity contribution in [3.05, 3.63) is 22.7 Å². The number of nitrogen functional groups attached to an aromatic ring is 1. The second-order valence-electron chi connectivity index (χ2n) is 4.93. The Morgan fingerprint density at radius 2 is 2.11 bits per heavy atom. The minimum atomic E-state index is -3.48. The topological polar surface area (TPSA) is 63.4 Å². The Balaban J connectivity index is 2.27. The first-order valence-corrected chi connectivity index (χ1v) is 8.73. The SMILES string of the molecule is CCN(CC1CCC1)S(=O)(=O)c1ccc(Br)cc1N. The number of nitrogens with zero attached hydrogens (tertiary/aromatic N) is 1. The van der Waals surface area contributed by atoms with E-state index in [2.05, 4.69) is 15.9 Å². The predicted molar refractivity (Wildman–Crippen MR) is 80.3 cm³/mol. The number of nitrogens with two attached hydrogens (primary N) is 1. The van der Waals surface area contributed by atoms with Gasteiger partial charge in [-0.05, 0) is 37.0 Å². The molecule has 1 aliphatic rings. The van der Waals surface area contributed by atoms with E-state index in [0.29, 0.717) is 24.7 Å². The van der Waals surface area contributed by atoms with Crippen molar-refractivity contribution in [2.75, 3.05) is 18.8 Å². The minimum Gasteiger partial charge on any atom is -0.398 e. The van der Waals surface area contributed by atoms with E-state index in [1.165, 1.54) is 10.7 Å². The fraction of sp³-hybridized carbons (Fsp3) is 0.538. The summed E-state index contributed by atoms with van der Waals surface area (Å²) < 4.78 is 27.5. The summed E-state index contributed by atoms with van der Waals surface area (Å²) in [5.74, 6) is 0.506. The van der Waals surface area contributed by atoms with Crippen molar-refractivity contribution in [1.82, 2.24) is 4.31 Å². The van der Waals surface area contributed by atoms with Crippen LogP contribution in [0.3, 0.4) is 0 Å². The molecule has 0 aliphatic heterocycles. The molecule has 2 N–H and O–H groups in total. The molecule has 0 bridgehead atoms. The molecule has 0 atom stereocenters. The van der Waals surface area contributed by atoms with E-state index in [0.717, 1.165) is 17.3 Å². The van der Waals surface area contributed by atoms with Crippen LogP contribution in [0.4, 0.5) is 5.69 Å². The van der Waals surface area contributed by atoms with Crippen molar-refractivity contribution in [1.29, 1.82) is 0 Å². The zero-order valence-electron chi connectivity index (χ0n) is 11.0. The van der Waals surface area contributed by atoms with Gasteiger partial charge in [0.2, 0.25) is 10.0 Å². The van der Waals surface area contributed by atoms with Crippen molar-refractivity contribution < 1.29 is 8.42 Å². The maximum absolute atomic E-state index is 12.6. The van der Waals surface area contributed by atoms with Gasteiger partial charge in [-0.3, -0.25) is 0 Å². The summed E-state index contributed by atoms with van der Waals surface area (Å²) in [4.78, 5) is 0.205. The third-order valence-electron chi connectivity index (χ3n) is 3.63. The normalized spacial score (nSPS) is 16.6. The molecule has 0 radical (unpaired) electrons. The molecule has 0 spiro atoms. The Morgan fingerprint density at radius 3 is 2.58 bits per heavy atom. The number of hydrogen-bond donors (Lipinski definition) is 1. The fourth-order valence-electron chi connectivity index (χ4n) is 2.25. The van der Waals surface area contributed by atoms with Crippen LogP contribution in [0.25, 0.3) is 0 Å². The Kier molecular flexibility index (Phi) is 4.53. The molecule has 1 aromatic rings. The van der Waals surface area contributed by atoms with Crippen LogP contribution in [0.2, 0.25) is 0 Å². The van der Waals surface area contributed by atoms with E-state index in [4.69, 9.17) is 5.73 Å². The first kappa shape index (κ1) is 14.8. The standard InChI is InChI=1S/C13H19BrN2O2S/c1-2-16(9-10-4-3-5-10)19(17,18)13-7-6-11(14)8-12(13)15/h6-8,10H,2-5,9,15H2,1H3. The Morgan fingerprint density at radius 1 is 1.42 bits per heavy atom. The highest BCUT2D eigenvalue weighted by Crippen LogP contribution is 2.31. The van der Waals surface area contributed by atoms with Gasteiger partial charge in [-0.2, -0.15) is 4.31 Å². The number of hydrogen-bond acceptors (Lipinski definition) is 3. The van der Waals surface area contributed by atoms with E-state index in [-0.39, 0.29) is 4.90 Å². The highest BCUT2D eigenvalue weighted by Gasteiger charge is 2.29. The molecule has 0 aromatic heterocycles. The fourth-order valence-corrected chi connectivity index (χ4v) is 4.25. The summed E-state index contributed by atoms with van der Waals surface area (Å²) in [6.45, 7) is 2.95. The number of benzene rings is 1. The molecule has 6 heteroatoms. The quantitative estimate of drug-likeness (QED) is 0.833. The van der Waals surface area contributed by atoms with Gasteiger partial charge in [-0.15, -0.1) is 0 Å². The smallest absolute Gasteiger partial charge is 0.245 e. The highest BCUT2D eigenvalue weighted by atomic mass is 79.9. The summed E-state index contributed by atoms with van der Waals surface area (Å²) in [5, 5.41) is 0. The van der Waals surface area contributed by atoms with Crippen LogP contribution >= 0.6 is 15.9 Å². The van der Waals surface area contributed by atoms with Gasteiger partial charge in [0.25, 0.3) is 0 Å². The summed E-state index contributed by atoms with van der Waals surface area (Å²) in [6, 6.07) is 4.91. The van der Waals surface area contributed by atoms with Gasteiger partial charge < -0.3 is 5.73 Å². The maximum Gasteiger partial charge on any atom is 0.245 e. The van der Waals surface area contributed by atoms with Crippen LogP contribution in [0.15, 0.2) is 27.6 Å². The van der Waals surface area contributed by atoms with Crippen LogP contribution < -0.4 is 5.73 Å². The lowest BCUT2D eigenvalue weighted by molar-refractivity contribution is 0.250. The minimum absolute atomic E-state index is 0.205. The van der Waals surface area contributed by atoms with Crippen molar-refractivity contribution in [3.63, 3.8) is 0 Å². The molecular weight excluding hydrogens is 328 g/mol. The van der Waals surface area contributed by atoms with E-state index in [1.807, 2.05) is 6.92 Å². The maximum atomic E-state index is 12.6. The monoisotopic (exact) mass is 346 g/mol. The lowest BCUT2D eigenvalue weighted by atomic mass is 9.85. The zero-order chi connectivity index (χ0) is 14.0. The summed E-state index contributed by atoms with van der Waals surface area (Å²) in [6.07, 6.45) is 3.46. The van der Waals surface area contributed by atoms with E-state index in [1.54, 1.807) is 18.2 Å². The lowest BCUT2D eigenvalue weighted by Gasteiger charge is -2.31. The highest BCUT2D eigenvalue weighted by molar-refractivity contribution is 9.10. The number of sulfonamides is 1. The largest absolute Gasteiger partial charge is 0.398 e. The molecule has 0 heterocycles. The van der Waals surface area contributed by atoms with Crippen molar-refractivity contribution in [2.45, 2.75) is 31.1 Å². The first-order chi connectivity index (χ1) is 8.95. The second kappa shape index (κ2) is 5.81. The molecule has 1 saturated carbocycles. The third-order valence-corrected chi connectivity index (χ3v) is 6.14. The van der Waals surface area contributed by atoms with E-state index in [9.17, 15) is 8.42 Å². The average molecular weight is 347 g/mol. The molecular formula is C13H19BrN2O2S. The van der Waals surface area contributed by atoms with Crippen molar-refractivity contribution in [3.8, 4) is 0 Å². The van der Waals surface area contributed by atoms with E-state index < -0.39 is 10.0 Å². The average Bonchev–Trinajstić information content (AvgIpc) is 2.26. The van der Waals surface area contributed by atoms with Gasteiger partial charge in [-0.1, -0.05) is 29.3 Å². The Labute approximate surface area is 123 Å². The van der Waals surface area contributed by atoms with Crippen molar-refractivity contribution in [2.24, 2.45) is 5.92 Å². The number of rotatable bonds is 5. The van der Waals surface area contributed by atoms with Gasteiger partial charge in [-0.25, -0.2) is 8.42 Å². The Hall–Kier alpha value is -0.590. The third kappa shape index (κ3) is 3.12. The lowest BCUT2D eigenvalue weighted by Crippen LogP contribution is -2.37. The van der Waals surface area contributed by atoms with Crippen LogP contribution in [0, 0.1) is 5.92 Å². The number of anilines is 1. The van der Waals surface area contributed by atoms with Gasteiger partial charge in [0.05, 0.1) is 5.69 Å². The van der Waals surface area contributed by atoms with Crippen LogP contribution in [0.1, 0.15) is 26.2 Å². The van der Waals surface area contributed by atoms with Gasteiger partial charge in [0.15, 0.2) is 0 Å². The van der Waals surface area contributed by atoms with Crippen molar-refractivity contribution >= 4 is 31.6 Å². The molecule has 0 unspecified atom stereocenters. The van der Waals surface area contributed by atoms with Gasteiger partial charge in [0.1, 0.15) is 4.90 Å². The molecule has 106 valence electrons. The summed E-state index contributed by atoms with van der Waals surface area (Å²) >= 11 is 3.29. The molecule has 1 aromatic carbocycles. The van der Waals surface area contributed by atoms with Crippen LogP contribution in [-0.4, -0.2) is 25.8 Å². The van der Waals surface area contributed by atoms with Gasteiger partial charge in [0, 0.05) is 17.6 Å². The molecule has 1 aliphatic carbocycles. The molecule has 0 amide bonds. The summed E-state index contributed by atoms with van der Waals surface area (Å²) in [7, 11) is -3.48. The molecule has 2 rings (SSSR count). The Bertz CT molecular complexity index is 556. The second-order valence-corrected chi connectivity index (χ2v) is 7.76. The first-order valence-electron chi connectivity index (χ1n) is 6.50. The number of halogens is 1. The van der Waals surface area contributed by atoms with Crippen LogP contribution in [0.5, 0.6) is 0 Å². The molecule has 0 saturated heterocycles. The summed E-state index contributed by atoms with van der Waals surface area (Å²) in [5.41, 5.74) is 6.13. The molecule has 19 heavy (non-hydrogen) atoms. The molecule has 1 fully saturated rings. The zero-order valence-corrected chi connectivity index (χ0v) is 13.4.